The Morgan fingerprint density at radius 1 is 0.970 bits per heavy atom. The SMILES string of the molecule is COc1ccc(O)c(C2=NN3[C@@H](C2)c2cc(Cl)ccc2O[C@H]3c2ccc(OC)c(OC)c2)c1. The summed E-state index contributed by atoms with van der Waals surface area (Å²) in [5.41, 5.74) is 3.16. The van der Waals surface area contributed by atoms with Crippen molar-refractivity contribution in [1.29, 1.82) is 0 Å². The molecule has 0 unspecified atom stereocenters. The zero-order chi connectivity index (χ0) is 23.1. The molecule has 1 N–H and O–H groups in total. The largest absolute Gasteiger partial charge is 0.507 e. The lowest BCUT2D eigenvalue weighted by atomic mass is 9.95. The number of aromatic hydroxyl groups is 1. The van der Waals surface area contributed by atoms with Crippen LogP contribution in [0.25, 0.3) is 0 Å². The average Bonchev–Trinajstić information content (AvgIpc) is 3.29. The van der Waals surface area contributed by atoms with Gasteiger partial charge in [0.2, 0.25) is 6.23 Å². The maximum absolute atomic E-state index is 10.5. The van der Waals surface area contributed by atoms with Gasteiger partial charge in [-0.25, -0.2) is 5.01 Å². The molecular weight excluding hydrogens is 444 g/mol. The first-order valence-electron chi connectivity index (χ1n) is 10.4. The van der Waals surface area contributed by atoms with Gasteiger partial charge >= 0.3 is 0 Å². The van der Waals surface area contributed by atoms with E-state index in [-0.39, 0.29) is 11.8 Å². The number of benzene rings is 3. The Kier molecular flexibility index (Phi) is 5.42. The van der Waals surface area contributed by atoms with Crippen LogP contribution in [0.15, 0.2) is 59.7 Å². The second kappa shape index (κ2) is 8.41. The summed E-state index contributed by atoms with van der Waals surface area (Å²) in [7, 11) is 4.79. The number of ether oxygens (including phenoxy) is 4. The van der Waals surface area contributed by atoms with E-state index in [9.17, 15) is 5.11 Å². The molecule has 33 heavy (non-hydrogen) atoms. The van der Waals surface area contributed by atoms with Crippen molar-refractivity contribution in [2.75, 3.05) is 21.3 Å². The highest BCUT2D eigenvalue weighted by Crippen LogP contribution is 2.49. The molecule has 170 valence electrons. The van der Waals surface area contributed by atoms with Crippen LogP contribution in [0.1, 0.15) is 35.4 Å². The first-order valence-corrected chi connectivity index (χ1v) is 10.8. The zero-order valence-electron chi connectivity index (χ0n) is 18.4. The van der Waals surface area contributed by atoms with E-state index >= 15 is 0 Å². The number of phenolic OH excluding ortho intramolecular Hbond substituents is 1. The highest BCUT2D eigenvalue weighted by molar-refractivity contribution is 6.30. The molecule has 3 aromatic rings. The number of nitrogens with zero attached hydrogens (tertiary/aromatic N) is 2. The predicted molar refractivity (Wildman–Crippen MR) is 125 cm³/mol. The Morgan fingerprint density at radius 3 is 2.55 bits per heavy atom. The summed E-state index contributed by atoms with van der Waals surface area (Å²) in [6.07, 6.45) is 0.0649. The van der Waals surface area contributed by atoms with Gasteiger partial charge in [0.05, 0.1) is 33.1 Å². The number of rotatable bonds is 5. The Morgan fingerprint density at radius 2 is 1.79 bits per heavy atom. The zero-order valence-corrected chi connectivity index (χ0v) is 19.2. The van der Waals surface area contributed by atoms with E-state index < -0.39 is 6.23 Å². The number of hydrogen-bond donors (Lipinski definition) is 1. The molecule has 2 aliphatic heterocycles. The van der Waals surface area contributed by atoms with Gasteiger partial charge < -0.3 is 24.1 Å². The molecule has 0 saturated carbocycles. The van der Waals surface area contributed by atoms with Crippen LogP contribution < -0.4 is 18.9 Å². The Bertz CT molecular complexity index is 1250. The van der Waals surface area contributed by atoms with E-state index in [4.69, 9.17) is 35.6 Å². The topological polar surface area (TPSA) is 72.8 Å². The van der Waals surface area contributed by atoms with Gasteiger partial charge in [-0.15, -0.1) is 0 Å². The van der Waals surface area contributed by atoms with Crippen molar-refractivity contribution in [3.8, 4) is 28.7 Å². The number of fused-ring (bicyclic) bond motifs is 3. The fraction of sp³-hybridized carbons (Fsp3) is 0.240. The smallest absolute Gasteiger partial charge is 0.214 e. The first-order chi connectivity index (χ1) is 16.0. The lowest BCUT2D eigenvalue weighted by Crippen LogP contribution is -2.33. The second-order valence-corrected chi connectivity index (χ2v) is 8.23. The van der Waals surface area contributed by atoms with Crippen LogP contribution in [0.3, 0.4) is 0 Å². The standard InChI is InChI=1S/C25H23ClN2O5/c1-30-16-6-7-21(29)17(12-16)19-13-20-18-11-15(26)5-9-22(18)33-25(28(20)27-19)14-4-8-23(31-2)24(10-14)32-3/h4-12,20,25,29H,13H2,1-3H3/t20-,25-/m0/s1. The minimum absolute atomic E-state index is 0.119. The van der Waals surface area contributed by atoms with Crippen molar-refractivity contribution >= 4 is 17.3 Å². The molecule has 0 bridgehead atoms. The van der Waals surface area contributed by atoms with Gasteiger partial charge in [-0.2, -0.15) is 5.10 Å². The number of hydrogen-bond acceptors (Lipinski definition) is 7. The van der Waals surface area contributed by atoms with E-state index in [0.29, 0.717) is 34.3 Å². The van der Waals surface area contributed by atoms with E-state index in [1.807, 2.05) is 41.4 Å². The summed E-state index contributed by atoms with van der Waals surface area (Å²) in [6, 6.07) is 16.3. The molecule has 0 fully saturated rings. The van der Waals surface area contributed by atoms with Gasteiger partial charge in [0, 0.05) is 28.1 Å². The van der Waals surface area contributed by atoms with Crippen LogP contribution in [0.4, 0.5) is 0 Å². The monoisotopic (exact) mass is 466 g/mol. The van der Waals surface area contributed by atoms with Crippen LogP contribution in [0.2, 0.25) is 5.02 Å². The maximum atomic E-state index is 10.5. The molecule has 5 rings (SSSR count). The van der Waals surface area contributed by atoms with Crippen LogP contribution in [-0.2, 0) is 0 Å². The molecular formula is C25H23ClN2O5. The van der Waals surface area contributed by atoms with Crippen LogP contribution in [-0.4, -0.2) is 37.2 Å². The predicted octanol–water partition coefficient (Wildman–Crippen LogP) is 5.31. The van der Waals surface area contributed by atoms with E-state index in [1.165, 1.54) is 0 Å². The van der Waals surface area contributed by atoms with Crippen molar-refractivity contribution in [3.63, 3.8) is 0 Å². The quantitative estimate of drug-likeness (QED) is 0.549. The molecule has 2 aliphatic rings. The average molecular weight is 467 g/mol. The Labute approximate surface area is 196 Å². The van der Waals surface area contributed by atoms with Gasteiger partial charge in [-0.05, 0) is 54.6 Å². The van der Waals surface area contributed by atoms with Gasteiger partial charge in [0.1, 0.15) is 17.2 Å². The number of halogens is 1. The highest BCUT2D eigenvalue weighted by Gasteiger charge is 2.41. The van der Waals surface area contributed by atoms with Crippen LogP contribution >= 0.6 is 11.6 Å². The molecule has 0 spiro atoms. The van der Waals surface area contributed by atoms with Crippen molar-refractivity contribution in [3.05, 3.63) is 76.3 Å². The summed E-state index contributed by atoms with van der Waals surface area (Å²) >= 11 is 6.31. The lowest BCUT2D eigenvalue weighted by molar-refractivity contribution is -0.0191. The van der Waals surface area contributed by atoms with Gasteiger partial charge in [-0.3, -0.25) is 0 Å². The third-order valence-electron chi connectivity index (χ3n) is 5.96. The van der Waals surface area contributed by atoms with Gasteiger partial charge in [0.15, 0.2) is 11.5 Å². The fourth-order valence-electron chi connectivity index (χ4n) is 4.32. The maximum Gasteiger partial charge on any atom is 0.214 e. The van der Waals surface area contributed by atoms with Gasteiger partial charge in [0.25, 0.3) is 0 Å². The molecule has 8 heteroatoms. The summed E-state index contributed by atoms with van der Waals surface area (Å²) in [5.74, 6) is 2.76. The molecule has 0 saturated heterocycles. The molecule has 3 aromatic carbocycles. The minimum atomic E-state index is -0.506. The number of hydrazone groups is 1. The lowest BCUT2D eigenvalue weighted by Gasteiger charge is -2.38. The molecule has 0 aliphatic carbocycles. The Balaban J connectivity index is 1.62. The minimum Gasteiger partial charge on any atom is -0.507 e. The Hall–Kier alpha value is -3.58. The van der Waals surface area contributed by atoms with Crippen molar-refractivity contribution < 1.29 is 24.1 Å². The molecule has 0 aromatic heterocycles. The molecule has 2 atom stereocenters. The van der Waals surface area contributed by atoms with Crippen LogP contribution in [0.5, 0.6) is 28.7 Å². The molecule has 2 heterocycles. The van der Waals surface area contributed by atoms with E-state index in [2.05, 4.69) is 0 Å². The first kappa shape index (κ1) is 21.3. The third-order valence-corrected chi connectivity index (χ3v) is 6.19. The third kappa shape index (κ3) is 3.68. The summed E-state index contributed by atoms with van der Waals surface area (Å²) in [4.78, 5) is 0. The van der Waals surface area contributed by atoms with E-state index in [1.54, 1.807) is 39.5 Å². The molecule has 0 amide bonds. The van der Waals surface area contributed by atoms with Crippen LogP contribution in [0, 0.1) is 0 Å². The van der Waals surface area contributed by atoms with Crippen molar-refractivity contribution in [2.45, 2.75) is 18.7 Å². The molecule has 0 radical (unpaired) electrons. The highest BCUT2D eigenvalue weighted by atomic mass is 35.5. The molecule has 7 nitrogen and oxygen atoms in total. The summed E-state index contributed by atoms with van der Waals surface area (Å²) in [5, 5.41) is 18.0. The van der Waals surface area contributed by atoms with Crippen molar-refractivity contribution in [2.24, 2.45) is 5.10 Å². The summed E-state index contributed by atoms with van der Waals surface area (Å²) in [6.45, 7) is 0. The second-order valence-electron chi connectivity index (χ2n) is 7.80. The fourth-order valence-corrected chi connectivity index (χ4v) is 4.50. The number of methoxy groups -OCH3 is 3. The normalized spacial score (nSPS) is 18.7. The summed E-state index contributed by atoms with van der Waals surface area (Å²) < 4.78 is 22.6. The van der Waals surface area contributed by atoms with Crippen molar-refractivity contribution in [1.82, 2.24) is 5.01 Å². The van der Waals surface area contributed by atoms with Gasteiger partial charge in [-0.1, -0.05) is 11.6 Å². The van der Waals surface area contributed by atoms with E-state index in [0.717, 1.165) is 22.6 Å². The number of phenols is 1.